The summed E-state index contributed by atoms with van der Waals surface area (Å²) in [7, 11) is 0. The summed E-state index contributed by atoms with van der Waals surface area (Å²) >= 11 is 0. The van der Waals surface area contributed by atoms with E-state index in [4.69, 9.17) is 4.74 Å². The fraction of sp³-hybridized carbons (Fsp3) is 0.467. The van der Waals surface area contributed by atoms with Gasteiger partial charge in [-0.15, -0.1) is 0 Å². The first-order chi connectivity index (χ1) is 10.4. The first-order valence-electron chi connectivity index (χ1n) is 6.98. The van der Waals surface area contributed by atoms with Crippen LogP contribution in [0, 0.1) is 17.6 Å². The maximum absolute atomic E-state index is 13.4. The number of carbonyl (C=O) groups is 2. The minimum Gasteiger partial charge on any atom is -0.481 e. The number of likely N-dealkylation sites (tertiary alicyclic amines) is 1. The molecule has 1 aromatic carbocycles. The molecule has 1 aliphatic rings. The number of nitrogens with zero attached hydrogens (tertiary/aromatic N) is 1. The molecule has 120 valence electrons. The van der Waals surface area contributed by atoms with E-state index in [2.05, 4.69) is 0 Å². The molecule has 1 amide bonds. The second-order valence-corrected chi connectivity index (χ2v) is 5.43. The Balaban J connectivity index is 2.00. The average molecular weight is 313 g/mol. The van der Waals surface area contributed by atoms with E-state index in [1.54, 1.807) is 0 Å². The van der Waals surface area contributed by atoms with Crippen molar-refractivity contribution in [2.75, 3.05) is 13.2 Å². The number of rotatable bonds is 4. The van der Waals surface area contributed by atoms with E-state index < -0.39 is 36.2 Å². The van der Waals surface area contributed by atoms with E-state index in [9.17, 15) is 23.5 Å². The number of carbonyl (C=O) groups excluding carboxylic acids is 1. The van der Waals surface area contributed by atoms with Crippen LogP contribution in [0.1, 0.15) is 19.8 Å². The van der Waals surface area contributed by atoms with E-state index in [-0.39, 0.29) is 11.7 Å². The average Bonchev–Trinajstić information content (AvgIpc) is 2.45. The maximum atomic E-state index is 13.4. The molecule has 7 heteroatoms. The van der Waals surface area contributed by atoms with E-state index in [1.165, 1.54) is 4.90 Å². The van der Waals surface area contributed by atoms with Gasteiger partial charge in [0.2, 0.25) is 0 Å². The number of amides is 1. The molecule has 0 radical (unpaired) electrons. The van der Waals surface area contributed by atoms with Crippen LogP contribution in [-0.4, -0.2) is 41.1 Å². The molecule has 1 fully saturated rings. The molecular weight excluding hydrogens is 296 g/mol. The number of hydrogen-bond donors (Lipinski definition) is 1. The summed E-state index contributed by atoms with van der Waals surface area (Å²) in [5.41, 5.74) is 0. The van der Waals surface area contributed by atoms with Crippen LogP contribution in [0.4, 0.5) is 8.78 Å². The van der Waals surface area contributed by atoms with Crippen LogP contribution in [0.2, 0.25) is 0 Å². The predicted molar refractivity (Wildman–Crippen MR) is 73.4 cm³/mol. The molecule has 1 aliphatic heterocycles. The van der Waals surface area contributed by atoms with Gasteiger partial charge < -0.3 is 14.7 Å². The lowest BCUT2D eigenvalue weighted by atomic mass is 9.92. The lowest BCUT2D eigenvalue weighted by Crippen LogP contribution is -2.51. The third-order valence-electron chi connectivity index (χ3n) is 3.72. The van der Waals surface area contributed by atoms with Crippen molar-refractivity contribution in [2.45, 2.75) is 25.8 Å². The van der Waals surface area contributed by atoms with E-state index in [0.717, 1.165) is 12.1 Å². The zero-order valence-electron chi connectivity index (χ0n) is 12.1. The molecule has 1 N–H and O–H groups in total. The second-order valence-electron chi connectivity index (χ2n) is 5.43. The minimum atomic E-state index is -1.06. The topological polar surface area (TPSA) is 66.8 Å². The summed E-state index contributed by atoms with van der Waals surface area (Å²) in [5.74, 6) is -3.26. The zero-order chi connectivity index (χ0) is 16.3. The number of benzene rings is 1. The fourth-order valence-corrected chi connectivity index (χ4v) is 2.49. The molecule has 0 aromatic heterocycles. The molecule has 2 atom stereocenters. The van der Waals surface area contributed by atoms with Gasteiger partial charge in [-0.05, 0) is 30.9 Å². The van der Waals surface area contributed by atoms with E-state index >= 15 is 0 Å². The van der Waals surface area contributed by atoms with Crippen molar-refractivity contribution in [3.8, 4) is 5.75 Å². The fourth-order valence-electron chi connectivity index (χ4n) is 2.49. The van der Waals surface area contributed by atoms with Gasteiger partial charge in [-0.2, -0.15) is 0 Å². The predicted octanol–water partition coefficient (Wildman–Crippen LogP) is 2.06. The Morgan fingerprint density at radius 1 is 1.41 bits per heavy atom. The van der Waals surface area contributed by atoms with Crippen molar-refractivity contribution in [3.05, 3.63) is 29.8 Å². The number of aliphatic carboxylic acids is 1. The lowest BCUT2D eigenvalue weighted by Gasteiger charge is -2.35. The highest BCUT2D eigenvalue weighted by atomic mass is 19.1. The second kappa shape index (κ2) is 6.72. The van der Waals surface area contributed by atoms with Gasteiger partial charge >= 0.3 is 5.97 Å². The Morgan fingerprint density at radius 2 is 2.14 bits per heavy atom. The summed E-state index contributed by atoms with van der Waals surface area (Å²) in [6, 6.07) is 1.87. The van der Waals surface area contributed by atoms with Crippen LogP contribution < -0.4 is 4.74 Å². The quantitative estimate of drug-likeness (QED) is 0.924. The third kappa shape index (κ3) is 3.72. The number of carboxylic acid groups (broad SMARTS) is 1. The molecule has 0 saturated carbocycles. The normalized spacial score (nSPS) is 21.5. The standard InChI is InChI=1S/C15H17F2NO4/c1-9-4-5-18(12(6-9)15(20)21)14(19)8-22-13-3-2-10(16)7-11(13)17/h2-3,7,9,12H,4-6,8H2,1H3,(H,20,21). The van der Waals surface area contributed by atoms with Gasteiger partial charge in [0.1, 0.15) is 11.9 Å². The summed E-state index contributed by atoms with van der Waals surface area (Å²) in [4.78, 5) is 24.6. The number of piperidine rings is 1. The summed E-state index contributed by atoms with van der Waals surface area (Å²) in [5, 5.41) is 9.20. The first-order valence-corrected chi connectivity index (χ1v) is 6.98. The smallest absolute Gasteiger partial charge is 0.326 e. The van der Waals surface area contributed by atoms with Crippen LogP contribution >= 0.6 is 0 Å². The minimum absolute atomic E-state index is 0.223. The molecule has 0 bridgehead atoms. The first kappa shape index (κ1) is 16.2. The van der Waals surface area contributed by atoms with Crippen molar-refractivity contribution >= 4 is 11.9 Å². The summed E-state index contributed by atoms with van der Waals surface area (Å²) in [6.07, 6.45) is 1.09. The number of carboxylic acids is 1. The summed E-state index contributed by atoms with van der Waals surface area (Å²) in [6.45, 7) is 1.77. The molecule has 0 spiro atoms. The highest BCUT2D eigenvalue weighted by Crippen LogP contribution is 2.23. The van der Waals surface area contributed by atoms with Gasteiger partial charge in [0.25, 0.3) is 5.91 Å². The van der Waals surface area contributed by atoms with Crippen LogP contribution in [0.5, 0.6) is 5.75 Å². The molecule has 0 aliphatic carbocycles. The molecule has 1 aromatic rings. The highest BCUT2D eigenvalue weighted by molar-refractivity contribution is 5.84. The third-order valence-corrected chi connectivity index (χ3v) is 3.72. The molecular formula is C15H17F2NO4. The Hall–Kier alpha value is -2.18. The van der Waals surface area contributed by atoms with Crippen molar-refractivity contribution in [2.24, 2.45) is 5.92 Å². The Labute approximate surface area is 126 Å². The van der Waals surface area contributed by atoms with Gasteiger partial charge in [-0.3, -0.25) is 4.79 Å². The highest BCUT2D eigenvalue weighted by Gasteiger charge is 2.34. The SMILES string of the molecule is CC1CCN(C(=O)COc2ccc(F)cc2F)C(C(=O)O)C1. The van der Waals surface area contributed by atoms with Crippen molar-refractivity contribution in [1.82, 2.24) is 4.90 Å². The molecule has 1 heterocycles. The zero-order valence-corrected chi connectivity index (χ0v) is 12.1. The van der Waals surface area contributed by atoms with Crippen LogP contribution in [0.15, 0.2) is 18.2 Å². The van der Waals surface area contributed by atoms with Gasteiger partial charge in [0, 0.05) is 12.6 Å². The monoisotopic (exact) mass is 313 g/mol. The van der Waals surface area contributed by atoms with E-state index in [1.807, 2.05) is 6.92 Å². The number of ether oxygens (including phenoxy) is 1. The summed E-state index contributed by atoms with van der Waals surface area (Å²) < 4.78 is 31.2. The molecule has 2 unspecified atom stereocenters. The maximum Gasteiger partial charge on any atom is 0.326 e. The molecule has 22 heavy (non-hydrogen) atoms. The van der Waals surface area contributed by atoms with Crippen molar-refractivity contribution in [1.29, 1.82) is 0 Å². The van der Waals surface area contributed by atoms with Crippen molar-refractivity contribution in [3.63, 3.8) is 0 Å². The van der Waals surface area contributed by atoms with Crippen molar-refractivity contribution < 1.29 is 28.2 Å². The lowest BCUT2D eigenvalue weighted by molar-refractivity contribution is -0.153. The molecule has 2 rings (SSSR count). The number of halogens is 2. The van der Waals surface area contributed by atoms with Gasteiger partial charge in [0.05, 0.1) is 0 Å². The van der Waals surface area contributed by atoms with Gasteiger partial charge in [-0.25, -0.2) is 13.6 Å². The van der Waals surface area contributed by atoms with Gasteiger partial charge in [-0.1, -0.05) is 6.92 Å². The Kier molecular flexibility index (Phi) is 4.95. The van der Waals surface area contributed by atoms with Crippen LogP contribution in [-0.2, 0) is 9.59 Å². The molecule has 1 saturated heterocycles. The van der Waals surface area contributed by atoms with Crippen LogP contribution in [0.25, 0.3) is 0 Å². The van der Waals surface area contributed by atoms with E-state index in [0.29, 0.717) is 25.5 Å². The van der Waals surface area contributed by atoms with Crippen LogP contribution in [0.3, 0.4) is 0 Å². The van der Waals surface area contributed by atoms with Gasteiger partial charge in [0.15, 0.2) is 18.2 Å². The number of hydrogen-bond acceptors (Lipinski definition) is 3. The largest absolute Gasteiger partial charge is 0.481 e. The Morgan fingerprint density at radius 3 is 2.77 bits per heavy atom. The Bertz CT molecular complexity index is 579. The molecule has 5 nitrogen and oxygen atoms in total.